The van der Waals surface area contributed by atoms with Gasteiger partial charge in [-0.1, -0.05) is 6.92 Å². The van der Waals surface area contributed by atoms with Gasteiger partial charge in [0.2, 0.25) is 0 Å². The van der Waals surface area contributed by atoms with E-state index in [-0.39, 0.29) is 6.61 Å². The smallest absolute Gasteiger partial charge is 0.341 e. The maximum absolute atomic E-state index is 13.4. The van der Waals surface area contributed by atoms with Crippen LogP contribution in [0.2, 0.25) is 0 Å². The molecule has 0 aliphatic rings. The van der Waals surface area contributed by atoms with Crippen LogP contribution in [-0.2, 0) is 11.3 Å². The predicted octanol–water partition coefficient (Wildman–Crippen LogP) is 2.87. The minimum atomic E-state index is -2.08. The van der Waals surface area contributed by atoms with Gasteiger partial charge in [0.05, 0.1) is 12.2 Å². The highest BCUT2D eigenvalue weighted by Gasteiger charge is 2.28. The number of benzene rings is 1. The first-order valence-corrected chi connectivity index (χ1v) is 5.07. The van der Waals surface area contributed by atoms with Crippen LogP contribution >= 0.6 is 0 Å². The van der Waals surface area contributed by atoms with E-state index in [2.05, 4.69) is 0 Å². The second-order valence-corrected chi connectivity index (χ2v) is 3.47. The van der Waals surface area contributed by atoms with Gasteiger partial charge in [0.1, 0.15) is 5.56 Å². The zero-order valence-electron chi connectivity index (χ0n) is 9.40. The van der Waals surface area contributed by atoms with Crippen LogP contribution in [0.4, 0.5) is 17.6 Å². The molecule has 0 aliphatic carbocycles. The number of ether oxygens (including phenoxy) is 1. The van der Waals surface area contributed by atoms with Gasteiger partial charge in [0.25, 0.3) is 0 Å². The van der Waals surface area contributed by atoms with Crippen molar-refractivity contribution < 1.29 is 32.2 Å². The van der Waals surface area contributed by atoms with Crippen molar-refractivity contribution in [2.24, 2.45) is 0 Å². The standard InChI is InChI=1S/C11H10F4O3/c1-2-3-18-4-5-7(12)9(14)6(11(16)17)10(15)8(5)13/h2-4H2,1H3,(H,16,17). The molecule has 0 fully saturated rings. The molecule has 0 aliphatic heterocycles. The number of rotatable bonds is 5. The molecule has 0 heterocycles. The summed E-state index contributed by atoms with van der Waals surface area (Å²) < 4.78 is 58.0. The van der Waals surface area contributed by atoms with Gasteiger partial charge < -0.3 is 9.84 Å². The molecule has 18 heavy (non-hydrogen) atoms. The number of aromatic carboxylic acids is 1. The van der Waals surface area contributed by atoms with Crippen molar-refractivity contribution in [2.45, 2.75) is 20.0 Å². The molecule has 0 radical (unpaired) electrons. The Morgan fingerprint density at radius 1 is 1.11 bits per heavy atom. The maximum atomic E-state index is 13.4. The second-order valence-electron chi connectivity index (χ2n) is 3.47. The van der Waals surface area contributed by atoms with Crippen molar-refractivity contribution in [1.29, 1.82) is 0 Å². The quantitative estimate of drug-likeness (QED) is 0.506. The zero-order valence-corrected chi connectivity index (χ0v) is 9.40. The van der Waals surface area contributed by atoms with Crippen molar-refractivity contribution >= 4 is 5.97 Å². The van der Waals surface area contributed by atoms with Crippen LogP contribution in [0.15, 0.2) is 0 Å². The minimum Gasteiger partial charge on any atom is -0.477 e. The first kappa shape index (κ1) is 14.4. The van der Waals surface area contributed by atoms with Gasteiger partial charge in [-0.25, -0.2) is 22.4 Å². The summed E-state index contributed by atoms with van der Waals surface area (Å²) in [7, 11) is 0. The average molecular weight is 266 g/mol. The lowest BCUT2D eigenvalue weighted by molar-refractivity contribution is 0.0681. The van der Waals surface area contributed by atoms with Crippen LogP contribution in [0, 0.1) is 23.3 Å². The third-order valence-electron chi connectivity index (χ3n) is 2.16. The summed E-state index contributed by atoms with van der Waals surface area (Å²) >= 11 is 0. The molecule has 0 unspecified atom stereocenters. The van der Waals surface area contributed by atoms with Gasteiger partial charge in [-0.05, 0) is 6.42 Å². The lowest BCUT2D eigenvalue weighted by Gasteiger charge is -2.09. The predicted molar refractivity (Wildman–Crippen MR) is 53.2 cm³/mol. The summed E-state index contributed by atoms with van der Waals surface area (Å²) in [4.78, 5) is 10.5. The van der Waals surface area contributed by atoms with E-state index in [0.717, 1.165) is 0 Å². The van der Waals surface area contributed by atoms with Crippen molar-refractivity contribution in [3.63, 3.8) is 0 Å². The van der Waals surface area contributed by atoms with E-state index in [0.29, 0.717) is 6.42 Å². The Hall–Kier alpha value is -1.63. The molecule has 100 valence electrons. The Morgan fingerprint density at radius 3 is 2.00 bits per heavy atom. The molecule has 1 aromatic carbocycles. The number of hydrogen-bond acceptors (Lipinski definition) is 2. The van der Waals surface area contributed by atoms with Gasteiger partial charge in [-0.15, -0.1) is 0 Å². The summed E-state index contributed by atoms with van der Waals surface area (Å²) in [6.07, 6.45) is 0.557. The highest BCUT2D eigenvalue weighted by molar-refractivity contribution is 5.88. The molecule has 0 saturated heterocycles. The van der Waals surface area contributed by atoms with E-state index in [1.54, 1.807) is 6.92 Å². The number of carboxylic acid groups (broad SMARTS) is 1. The van der Waals surface area contributed by atoms with Gasteiger partial charge in [-0.2, -0.15) is 0 Å². The monoisotopic (exact) mass is 266 g/mol. The van der Waals surface area contributed by atoms with Crippen molar-refractivity contribution in [3.05, 3.63) is 34.4 Å². The molecule has 0 spiro atoms. The molecule has 0 atom stereocenters. The highest BCUT2D eigenvalue weighted by atomic mass is 19.2. The molecule has 1 N–H and O–H groups in total. The number of halogens is 4. The number of carbonyl (C=O) groups is 1. The largest absolute Gasteiger partial charge is 0.477 e. The molecule has 1 rings (SSSR count). The molecule has 0 bridgehead atoms. The van der Waals surface area contributed by atoms with E-state index < -0.39 is 47.0 Å². The highest BCUT2D eigenvalue weighted by Crippen LogP contribution is 2.24. The Balaban J connectivity index is 3.26. The fourth-order valence-corrected chi connectivity index (χ4v) is 1.31. The molecule has 0 amide bonds. The van der Waals surface area contributed by atoms with Crippen LogP contribution in [0.1, 0.15) is 29.3 Å². The fourth-order valence-electron chi connectivity index (χ4n) is 1.31. The second kappa shape index (κ2) is 5.81. The number of carboxylic acids is 1. The van der Waals surface area contributed by atoms with E-state index >= 15 is 0 Å². The molecular weight excluding hydrogens is 256 g/mol. The van der Waals surface area contributed by atoms with E-state index in [9.17, 15) is 22.4 Å². The average Bonchev–Trinajstić information content (AvgIpc) is 2.31. The van der Waals surface area contributed by atoms with Crippen molar-refractivity contribution in [2.75, 3.05) is 6.61 Å². The Bertz CT molecular complexity index is 445. The summed E-state index contributed by atoms with van der Waals surface area (Å²) in [5, 5.41) is 8.46. The fraction of sp³-hybridized carbons (Fsp3) is 0.364. The lowest BCUT2D eigenvalue weighted by Crippen LogP contribution is -2.13. The van der Waals surface area contributed by atoms with Gasteiger partial charge in [-0.3, -0.25) is 0 Å². The molecule has 0 aromatic heterocycles. The summed E-state index contributed by atoms with van der Waals surface area (Å²) in [5.41, 5.74) is -2.60. The Morgan fingerprint density at radius 2 is 1.61 bits per heavy atom. The molecular formula is C11H10F4O3. The molecule has 3 nitrogen and oxygen atoms in total. The topological polar surface area (TPSA) is 46.5 Å². The van der Waals surface area contributed by atoms with Crippen LogP contribution < -0.4 is 0 Å². The van der Waals surface area contributed by atoms with Crippen molar-refractivity contribution in [1.82, 2.24) is 0 Å². The third-order valence-corrected chi connectivity index (χ3v) is 2.16. The molecule has 1 aromatic rings. The lowest BCUT2D eigenvalue weighted by atomic mass is 10.1. The van der Waals surface area contributed by atoms with E-state index in [4.69, 9.17) is 9.84 Å². The SMILES string of the molecule is CCCOCc1c(F)c(F)c(C(=O)O)c(F)c1F. The van der Waals surface area contributed by atoms with Crippen LogP contribution in [0.3, 0.4) is 0 Å². The third kappa shape index (κ3) is 2.61. The van der Waals surface area contributed by atoms with Crippen LogP contribution in [-0.4, -0.2) is 17.7 Å². The first-order valence-electron chi connectivity index (χ1n) is 5.07. The van der Waals surface area contributed by atoms with Gasteiger partial charge in [0, 0.05) is 6.61 Å². The van der Waals surface area contributed by atoms with Gasteiger partial charge in [0.15, 0.2) is 23.3 Å². The zero-order chi connectivity index (χ0) is 13.9. The summed E-state index contributed by atoms with van der Waals surface area (Å²) in [5.74, 6) is -9.44. The van der Waals surface area contributed by atoms with Crippen LogP contribution in [0.25, 0.3) is 0 Å². The van der Waals surface area contributed by atoms with E-state index in [1.807, 2.05) is 0 Å². The molecule has 7 heteroatoms. The van der Waals surface area contributed by atoms with Crippen molar-refractivity contribution in [3.8, 4) is 0 Å². The summed E-state index contributed by atoms with van der Waals surface area (Å²) in [6.45, 7) is 1.23. The van der Waals surface area contributed by atoms with Crippen LogP contribution in [0.5, 0.6) is 0 Å². The summed E-state index contributed by atoms with van der Waals surface area (Å²) in [6, 6.07) is 0. The minimum absolute atomic E-state index is 0.156. The van der Waals surface area contributed by atoms with E-state index in [1.165, 1.54) is 0 Å². The maximum Gasteiger partial charge on any atom is 0.341 e. The number of hydrogen-bond donors (Lipinski definition) is 1. The first-order chi connectivity index (χ1) is 8.41. The normalized spacial score (nSPS) is 10.7. The van der Waals surface area contributed by atoms with Gasteiger partial charge >= 0.3 is 5.97 Å². The molecule has 0 saturated carbocycles. The Labute approximate surface area is 100.0 Å². The Kier molecular flexibility index (Phi) is 4.66.